The summed E-state index contributed by atoms with van der Waals surface area (Å²) in [7, 11) is 0. The third kappa shape index (κ3) is 4.04. The largest absolute Gasteiger partial charge is 0.492 e. The smallest absolute Gasteiger partial charge is 0.138 e. The summed E-state index contributed by atoms with van der Waals surface area (Å²) in [5.41, 5.74) is 1.12. The van der Waals surface area contributed by atoms with Crippen LogP contribution in [0.2, 0.25) is 0 Å². The highest BCUT2D eigenvalue weighted by molar-refractivity contribution is 9.11. The molecule has 2 rings (SSSR count). The first kappa shape index (κ1) is 15.9. The summed E-state index contributed by atoms with van der Waals surface area (Å²) in [5.74, 6) is 0.898. The van der Waals surface area contributed by atoms with Gasteiger partial charge in [-0.1, -0.05) is 15.9 Å². The molecule has 0 aliphatic rings. The van der Waals surface area contributed by atoms with E-state index >= 15 is 0 Å². The summed E-state index contributed by atoms with van der Waals surface area (Å²) < 4.78 is 7.72. The zero-order valence-corrected chi connectivity index (χ0v) is 15.3. The van der Waals surface area contributed by atoms with Crippen LogP contribution >= 0.6 is 43.2 Å². The molecule has 1 atom stereocenters. The summed E-state index contributed by atoms with van der Waals surface area (Å²) >= 11 is 8.74. The van der Waals surface area contributed by atoms with E-state index in [9.17, 15) is 0 Å². The highest BCUT2D eigenvalue weighted by Gasteiger charge is 2.12. The maximum atomic E-state index is 5.73. The fourth-order valence-corrected chi connectivity index (χ4v) is 3.95. The van der Waals surface area contributed by atoms with Crippen LogP contribution in [0.15, 0.2) is 32.7 Å². The van der Waals surface area contributed by atoms with Gasteiger partial charge >= 0.3 is 0 Å². The van der Waals surface area contributed by atoms with Crippen molar-refractivity contribution in [3.8, 4) is 5.75 Å². The van der Waals surface area contributed by atoms with Gasteiger partial charge in [0, 0.05) is 28.2 Å². The first-order chi connectivity index (χ1) is 9.61. The van der Waals surface area contributed by atoms with E-state index in [1.165, 1.54) is 0 Å². The van der Waals surface area contributed by atoms with Crippen molar-refractivity contribution in [2.45, 2.75) is 26.4 Å². The van der Waals surface area contributed by atoms with Crippen molar-refractivity contribution >= 4 is 43.2 Å². The van der Waals surface area contributed by atoms with Crippen molar-refractivity contribution in [2.24, 2.45) is 0 Å². The number of hydrogen-bond acceptors (Lipinski definition) is 4. The molecule has 1 aromatic heterocycles. The predicted octanol–water partition coefficient (Wildman–Crippen LogP) is 4.92. The topological polar surface area (TPSA) is 34.1 Å². The van der Waals surface area contributed by atoms with Crippen LogP contribution in [0.4, 0.5) is 0 Å². The van der Waals surface area contributed by atoms with E-state index in [0.717, 1.165) is 31.8 Å². The van der Waals surface area contributed by atoms with Crippen LogP contribution in [-0.2, 0) is 6.54 Å². The number of thiazole rings is 1. The minimum absolute atomic E-state index is 0.224. The standard InChI is InChI=1S/C14H16Br2N2OS/c1-3-19-13-10(6-11(15)7-12(13)16)8-18-9(2)14-17-4-5-20-14/h4-7,9,18H,3,8H2,1-2H3. The summed E-state index contributed by atoms with van der Waals surface area (Å²) in [6.45, 7) is 5.49. The number of halogens is 2. The van der Waals surface area contributed by atoms with Gasteiger partial charge in [-0.3, -0.25) is 0 Å². The highest BCUT2D eigenvalue weighted by Crippen LogP contribution is 2.33. The first-order valence-corrected chi connectivity index (χ1v) is 8.81. The molecule has 1 unspecified atom stereocenters. The Labute approximate surface area is 140 Å². The van der Waals surface area contributed by atoms with E-state index in [0.29, 0.717) is 6.61 Å². The second-order valence-corrected chi connectivity index (χ2v) is 6.98. The number of nitrogens with zero attached hydrogens (tertiary/aromatic N) is 1. The number of rotatable bonds is 6. The van der Waals surface area contributed by atoms with Crippen LogP contribution in [0.5, 0.6) is 5.75 Å². The zero-order valence-electron chi connectivity index (χ0n) is 11.3. The molecule has 0 bridgehead atoms. The quantitative estimate of drug-likeness (QED) is 0.721. The average molecular weight is 420 g/mol. The Morgan fingerprint density at radius 3 is 2.85 bits per heavy atom. The van der Waals surface area contributed by atoms with Gasteiger partial charge in [0.15, 0.2) is 0 Å². The molecular weight excluding hydrogens is 404 g/mol. The fourth-order valence-electron chi connectivity index (χ4n) is 1.85. The fraction of sp³-hybridized carbons (Fsp3) is 0.357. The third-order valence-corrected chi connectivity index (χ3v) is 4.80. The van der Waals surface area contributed by atoms with Gasteiger partial charge in [-0.2, -0.15) is 0 Å². The second kappa shape index (κ2) is 7.54. The van der Waals surface area contributed by atoms with Gasteiger partial charge in [0.25, 0.3) is 0 Å². The number of hydrogen-bond donors (Lipinski definition) is 1. The van der Waals surface area contributed by atoms with Crippen LogP contribution < -0.4 is 10.1 Å². The number of nitrogens with one attached hydrogen (secondary N) is 1. The molecule has 0 saturated carbocycles. The van der Waals surface area contributed by atoms with Gasteiger partial charge in [0.2, 0.25) is 0 Å². The maximum Gasteiger partial charge on any atom is 0.138 e. The molecule has 108 valence electrons. The molecule has 0 aliphatic heterocycles. The molecule has 6 heteroatoms. The second-order valence-electron chi connectivity index (χ2n) is 4.28. The lowest BCUT2D eigenvalue weighted by molar-refractivity contribution is 0.332. The van der Waals surface area contributed by atoms with Gasteiger partial charge in [0.05, 0.1) is 17.1 Å². The number of ether oxygens (including phenoxy) is 1. The molecule has 0 aliphatic carbocycles. The lowest BCUT2D eigenvalue weighted by Crippen LogP contribution is -2.18. The maximum absolute atomic E-state index is 5.73. The van der Waals surface area contributed by atoms with E-state index in [4.69, 9.17) is 4.74 Å². The Morgan fingerprint density at radius 1 is 1.40 bits per heavy atom. The lowest BCUT2D eigenvalue weighted by atomic mass is 10.2. The van der Waals surface area contributed by atoms with Crippen LogP contribution in [0.1, 0.15) is 30.5 Å². The molecule has 2 aromatic rings. The normalized spacial score (nSPS) is 12.4. The van der Waals surface area contributed by atoms with Crippen molar-refractivity contribution in [3.05, 3.63) is 43.2 Å². The molecule has 1 N–H and O–H groups in total. The summed E-state index contributed by atoms with van der Waals surface area (Å²) in [4.78, 5) is 4.33. The Kier molecular flexibility index (Phi) is 6.01. The van der Waals surface area contributed by atoms with E-state index in [1.807, 2.05) is 24.6 Å². The van der Waals surface area contributed by atoms with Crippen LogP contribution in [0.3, 0.4) is 0 Å². The first-order valence-electron chi connectivity index (χ1n) is 6.35. The monoisotopic (exact) mass is 418 g/mol. The molecule has 1 aromatic carbocycles. The molecule has 0 radical (unpaired) electrons. The SMILES string of the molecule is CCOc1c(Br)cc(Br)cc1CNC(C)c1nccs1. The van der Waals surface area contributed by atoms with Crippen LogP contribution in [0.25, 0.3) is 0 Å². The molecule has 0 spiro atoms. The van der Waals surface area contributed by atoms with Crippen molar-refractivity contribution in [1.29, 1.82) is 0 Å². The van der Waals surface area contributed by atoms with Gasteiger partial charge < -0.3 is 10.1 Å². The summed E-state index contributed by atoms with van der Waals surface area (Å²) in [6, 6.07) is 4.30. The van der Waals surface area contributed by atoms with Crippen molar-refractivity contribution in [2.75, 3.05) is 6.61 Å². The molecule has 20 heavy (non-hydrogen) atoms. The molecule has 3 nitrogen and oxygen atoms in total. The van der Waals surface area contributed by atoms with Crippen LogP contribution in [0, 0.1) is 0 Å². The van der Waals surface area contributed by atoms with Crippen molar-refractivity contribution in [3.63, 3.8) is 0 Å². The van der Waals surface area contributed by atoms with Gasteiger partial charge in [-0.25, -0.2) is 4.98 Å². The predicted molar refractivity (Wildman–Crippen MR) is 90.4 cm³/mol. The van der Waals surface area contributed by atoms with Crippen molar-refractivity contribution in [1.82, 2.24) is 10.3 Å². The van der Waals surface area contributed by atoms with E-state index < -0.39 is 0 Å². The molecule has 0 fully saturated rings. The molecule has 0 amide bonds. The molecule has 1 heterocycles. The Morgan fingerprint density at radius 2 is 2.20 bits per heavy atom. The number of aromatic nitrogens is 1. The number of benzene rings is 1. The summed E-state index contributed by atoms with van der Waals surface area (Å²) in [5, 5.41) is 6.57. The van der Waals surface area contributed by atoms with Gasteiger partial charge in [-0.05, 0) is 41.9 Å². The third-order valence-electron chi connectivity index (χ3n) is 2.79. The van der Waals surface area contributed by atoms with E-state index in [2.05, 4.69) is 55.2 Å². The summed E-state index contributed by atoms with van der Waals surface area (Å²) in [6.07, 6.45) is 1.83. The zero-order chi connectivity index (χ0) is 14.5. The van der Waals surface area contributed by atoms with E-state index in [-0.39, 0.29) is 6.04 Å². The molecular formula is C14H16Br2N2OS. The minimum Gasteiger partial charge on any atom is -0.492 e. The van der Waals surface area contributed by atoms with Gasteiger partial charge in [-0.15, -0.1) is 11.3 Å². The Hall–Kier alpha value is -0.430. The van der Waals surface area contributed by atoms with Gasteiger partial charge in [0.1, 0.15) is 10.8 Å². The molecule has 0 saturated heterocycles. The Balaban J connectivity index is 2.12. The highest BCUT2D eigenvalue weighted by atomic mass is 79.9. The van der Waals surface area contributed by atoms with E-state index in [1.54, 1.807) is 11.3 Å². The Bertz CT molecular complexity index is 561. The lowest BCUT2D eigenvalue weighted by Gasteiger charge is -2.16. The van der Waals surface area contributed by atoms with Crippen LogP contribution in [-0.4, -0.2) is 11.6 Å². The minimum atomic E-state index is 0.224. The average Bonchev–Trinajstić information content (AvgIpc) is 2.93. The van der Waals surface area contributed by atoms with Crippen molar-refractivity contribution < 1.29 is 4.74 Å².